The third-order valence-electron chi connectivity index (χ3n) is 3.18. The van der Waals surface area contributed by atoms with E-state index in [1.807, 2.05) is 0 Å². The molecule has 0 aromatic heterocycles. The lowest BCUT2D eigenvalue weighted by Gasteiger charge is -2.33. The minimum Gasteiger partial charge on any atom is -0.337 e. The van der Waals surface area contributed by atoms with E-state index in [9.17, 15) is 13.2 Å². The van der Waals surface area contributed by atoms with E-state index in [0.717, 1.165) is 3.57 Å². The Bertz CT molecular complexity index is 605. The Hall–Kier alpha value is -0.930. The van der Waals surface area contributed by atoms with Gasteiger partial charge in [0.25, 0.3) is 0 Å². The summed E-state index contributed by atoms with van der Waals surface area (Å²) in [6.45, 7) is 4.86. The van der Waals surface area contributed by atoms with Gasteiger partial charge in [-0.25, -0.2) is 8.42 Å². The van der Waals surface area contributed by atoms with E-state index < -0.39 is 10.0 Å². The lowest BCUT2D eigenvalue weighted by Crippen LogP contribution is -2.50. The van der Waals surface area contributed by atoms with Gasteiger partial charge in [0.2, 0.25) is 15.9 Å². The Morgan fingerprint density at radius 1 is 1.15 bits per heavy atom. The van der Waals surface area contributed by atoms with Gasteiger partial charge < -0.3 is 4.90 Å². The van der Waals surface area contributed by atoms with Crippen molar-refractivity contribution in [2.45, 2.75) is 4.90 Å². The molecule has 2 rings (SSSR count). The maximum absolute atomic E-state index is 12.4. The van der Waals surface area contributed by atoms with Crippen molar-refractivity contribution in [3.05, 3.63) is 40.5 Å². The summed E-state index contributed by atoms with van der Waals surface area (Å²) >= 11 is 2.13. The van der Waals surface area contributed by atoms with Crippen LogP contribution in [0, 0.1) is 3.57 Å². The fraction of sp³-hybridized carbons (Fsp3) is 0.308. The molecule has 7 heteroatoms. The number of nitrogens with zero attached hydrogens (tertiary/aromatic N) is 2. The van der Waals surface area contributed by atoms with Crippen molar-refractivity contribution in [1.82, 2.24) is 9.21 Å². The summed E-state index contributed by atoms with van der Waals surface area (Å²) in [7, 11) is -3.47. The summed E-state index contributed by atoms with van der Waals surface area (Å²) in [6.07, 6.45) is 1.25. The number of hydrogen-bond donors (Lipinski definition) is 0. The molecule has 1 aliphatic rings. The molecule has 1 aromatic rings. The van der Waals surface area contributed by atoms with Crippen LogP contribution in [0.2, 0.25) is 0 Å². The molecule has 0 bridgehead atoms. The van der Waals surface area contributed by atoms with Gasteiger partial charge in [-0.2, -0.15) is 4.31 Å². The summed E-state index contributed by atoms with van der Waals surface area (Å²) in [6, 6.07) is 6.76. The largest absolute Gasteiger partial charge is 0.337 e. The van der Waals surface area contributed by atoms with Crippen LogP contribution in [0.25, 0.3) is 0 Å². The first kappa shape index (κ1) is 15.5. The van der Waals surface area contributed by atoms with Crippen LogP contribution in [0.1, 0.15) is 0 Å². The second kappa shape index (κ2) is 6.23. The first-order valence-corrected chi connectivity index (χ1v) is 8.64. The van der Waals surface area contributed by atoms with Gasteiger partial charge in [-0.1, -0.05) is 6.58 Å². The van der Waals surface area contributed by atoms with Gasteiger partial charge in [0.1, 0.15) is 0 Å². The highest BCUT2D eigenvalue weighted by Crippen LogP contribution is 2.18. The zero-order valence-corrected chi connectivity index (χ0v) is 13.8. The van der Waals surface area contributed by atoms with Gasteiger partial charge in [-0.05, 0) is 52.9 Å². The van der Waals surface area contributed by atoms with Crippen LogP contribution in [0.3, 0.4) is 0 Å². The zero-order chi connectivity index (χ0) is 14.8. The standard InChI is InChI=1S/C13H15IN2O3S/c1-2-13(17)15-7-9-16(10-8-15)20(18,19)12-5-3-11(14)4-6-12/h2-6H,1,7-10H2. The van der Waals surface area contributed by atoms with E-state index in [-0.39, 0.29) is 5.91 Å². The molecule has 0 radical (unpaired) electrons. The van der Waals surface area contributed by atoms with E-state index >= 15 is 0 Å². The number of sulfonamides is 1. The average molecular weight is 406 g/mol. The molecule has 0 atom stereocenters. The molecule has 1 amide bonds. The molecule has 0 saturated carbocycles. The van der Waals surface area contributed by atoms with Crippen molar-refractivity contribution >= 4 is 38.5 Å². The summed E-state index contributed by atoms with van der Waals surface area (Å²) in [4.78, 5) is 13.4. The molecule has 0 unspecified atom stereocenters. The van der Waals surface area contributed by atoms with Crippen molar-refractivity contribution in [1.29, 1.82) is 0 Å². The number of piperazine rings is 1. The zero-order valence-electron chi connectivity index (χ0n) is 10.8. The van der Waals surface area contributed by atoms with Crippen molar-refractivity contribution in [2.75, 3.05) is 26.2 Å². The van der Waals surface area contributed by atoms with E-state index in [1.165, 1.54) is 10.4 Å². The average Bonchev–Trinajstić information content (AvgIpc) is 2.47. The molecule has 0 N–H and O–H groups in total. The predicted octanol–water partition coefficient (Wildman–Crippen LogP) is 1.31. The summed E-state index contributed by atoms with van der Waals surface area (Å²) in [5, 5.41) is 0. The van der Waals surface area contributed by atoms with Crippen LogP contribution in [-0.4, -0.2) is 49.7 Å². The first-order valence-electron chi connectivity index (χ1n) is 6.12. The molecule has 108 valence electrons. The van der Waals surface area contributed by atoms with Gasteiger partial charge in [0, 0.05) is 29.7 Å². The number of hydrogen-bond acceptors (Lipinski definition) is 3. The van der Waals surface area contributed by atoms with Crippen LogP contribution >= 0.6 is 22.6 Å². The van der Waals surface area contributed by atoms with Gasteiger partial charge in [-0.3, -0.25) is 4.79 Å². The number of carbonyl (C=O) groups is 1. The Morgan fingerprint density at radius 2 is 1.70 bits per heavy atom. The highest BCUT2D eigenvalue weighted by atomic mass is 127. The first-order chi connectivity index (χ1) is 9.45. The maximum atomic E-state index is 12.4. The maximum Gasteiger partial charge on any atom is 0.246 e. The lowest BCUT2D eigenvalue weighted by atomic mass is 10.3. The minimum absolute atomic E-state index is 0.156. The summed E-state index contributed by atoms with van der Waals surface area (Å²) in [5.41, 5.74) is 0. The number of rotatable bonds is 3. The van der Waals surface area contributed by atoms with E-state index in [4.69, 9.17) is 0 Å². The van der Waals surface area contributed by atoms with Crippen LogP contribution in [0.5, 0.6) is 0 Å². The minimum atomic E-state index is -3.47. The lowest BCUT2D eigenvalue weighted by molar-refractivity contribution is -0.127. The second-order valence-electron chi connectivity index (χ2n) is 4.39. The molecule has 0 spiro atoms. The van der Waals surface area contributed by atoms with E-state index in [1.54, 1.807) is 29.2 Å². The molecule has 1 fully saturated rings. The predicted molar refractivity (Wildman–Crippen MR) is 84.7 cm³/mol. The fourth-order valence-corrected chi connectivity index (χ4v) is 3.82. The van der Waals surface area contributed by atoms with Crippen LogP contribution in [0.15, 0.2) is 41.8 Å². The third kappa shape index (κ3) is 3.21. The Kier molecular flexibility index (Phi) is 4.82. The van der Waals surface area contributed by atoms with Crippen molar-refractivity contribution in [3.8, 4) is 0 Å². The SMILES string of the molecule is C=CC(=O)N1CCN(S(=O)(=O)c2ccc(I)cc2)CC1. The highest BCUT2D eigenvalue weighted by molar-refractivity contribution is 14.1. The van der Waals surface area contributed by atoms with E-state index in [2.05, 4.69) is 29.2 Å². The molecule has 5 nitrogen and oxygen atoms in total. The molecule has 1 heterocycles. The number of amides is 1. The monoisotopic (exact) mass is 406 g/mol. The summed E-state index contributed by atoms with van der Waals surface area (Å²) in [5.74, 6) is -0.156. The molecular weight excluding hydrogens is 391 g/mol. The topological polar surface area (TPSA) is 57.7 Å². The quantitative estimate of drug-likeness (QED) is 0.562. The van der Waals surface area contributed by atoms with Crippen molar-refractivity contribution in [3.63, 3.8) is 0 Å². The Morgan fingerprint density at radius 3 is 2.20 bits per heavy atom. The Balaban J connectivity index is 2.11. The van der Waals surface area contributed by atoms with Crippen LogP contribution in [-0.2, 0) is 14.8 Å². The summed E-state index contributed by atoms with van der Waals surface area (Å²) < 4.78 is 27.3. The molecular formula is C13H15IN2O3S. The molecule has 1 aromatic carbocycles. The number of benzene rings is 1. The van der Waals surface area contributed by atoms with Gasteiger partial charge in [0.05, 0.1) is 4.90 Å². The molecule has 1 aliphatic heterocycles. The van der Waals surface area contributed by atoms with Gasteiger partial charge >= 0.3 is 0 Å². The molecule has 20 heavy (non-hydrogen) atoms. The molecule has 1 saturated heterocycles. The van der Waals surface area contributed by atoms with Crippen molar-refractivity contribution < 1.29 is 13.2 Å². The smallest absolute Gasteiger partial charge is 0.246 e. The van der Waals surface area contributed by atoms with E-state index in [0.29, 0.717) is 31.1 Å². The van der Waals surface area contributed by atoms with Crippen molar-refractivity contribution in [2.24, 2.45) is 0 Å². The van der Waals surface area contributed by atoms with Crippen LogP contribution in [0.4, 0.5) is 0 Å². The third-order valence-corrected chi connectivity index (χ3v) is 5.81. The number of carbonyl (C=O) groups excluding carboxylic acids is 1. The van der Waals surface area contributed by atoms with Gasteiger partial charge in [0.15, 0.2) is 0 Å². The fourth-order valence-electron chi connectivity index (χ4n) is 2.03. The Labute approximate surface area is 132 Å². The molecule has 0 aliphatic carbocycles. The highest BCUT2D eigenvalue weighted by Gasteiger charge is 2.29. The van der Waals surface area contributed by atoms with Crippen LogP contribution < -0.4 is 0 Å². The van der Waals surface area contributed by atoms with Gasteiger partial charge in [-0.15, -0.1) is 0 Å². The second-order valence-corrected chi connectivity index (χ2v) is 7.57. The number of halogens is 1. The normalized spacial score (nSPS) is 16.9.